The third-order valence-electron chi connectivity index (χ3n) is 3.58. The fourth-order valence-corrected chi connectivity index (χ4v) is 2.51. The quantitative estimate of drug-likeness (QED) is 0.728. The van der Waals surface area contributed by atoms with Crippen LogP contribution in [0.2, 0.25) is 0 Å². The summed E-state index contributed by atoms with van der Waals surface area (Å²) < 4.78 is 11.1. The number of rotatable bonds is 7. The van der Waals surface area contributed by atoms with Crippen molar-refractivity contribution in [1.82, 2.24) is 4.90 Å². The first kappa shape index (κ1) is 18.9. The van der Waals surface area contributed by atoms with Gasteiger partial charge in [0, 0.05) is 0 Å². The largest absolute Gasteiger partial charge is 0.444 e. The summed E-state index contributed by atoms with van der Waals surface area (Å²) in [6, 6.07) is -0.321. The number of carbonyl (C=O) groups excluding carboxylic acids is 2. The highest BCUT2D eigenvalue weighted by molar-refractivity contribution is 5.69. The number of unbranched alkanes of at least 4 members (excludes halogenated alkanes) is 1. The van der Waals surface area contributed by atoms with Gasteiger partial charge in [-0.15, -0.1) is 0 Å². The van der Waals surface area contributed by atoms with Gasteiger partial charge in [0.1, 0.15) is 18.0 Å². The number of hydrogen-bond acceptors (Lipinski definition) is 5. The number of aliphatic hydroxyl groups is 1. The molecule has 1 heterocycles. The van der Waals surface area contributed by atoms with E-state index in [1.165, 1.54) is 4.90 Å². The molecule has 0 aliphatic carbocycles. The van der Waals surface area contributed by atoms with E-state index in [2.05, 4.69) is 6.92 Å². The summed E-state index contributed by atoms with van der Waals surface area (Å²) in [6.07, 6.45) is 2.82. The number of ether oxygens (including phenoxy) is 2. The Kier molecular flexibility index (Phi) is 7.29. The van der Waals surface area contributed by atoms with Gasteiger partial charge in [-0.2, -0.15) is 0 Å². The van der Waals surface area contributed by atoms with Crippen molar-refractivity contribution in [2.45, 2.75) is 77.2 Å². The Bertz CT molecular complexity index is 366. The second-order valence-electron chi connectivity index (χ2n) is 6.78. The molecule has 1 aliphatic rings. The minimum absolute atomic E-state index is 0.139. The lowest BCUT2D eigenvalue weighted by atomic mass is 10.1. The Morgan fingerprint density at radius 2 is 2.14 bits per heavy atom. The van der Waals surface area contributed by atoms with Crippen LogP contribution in [0.4, 0.5) is 4.79 Å². The molecule has 1 fully saturated rings. The molecule has 1 saturated heterocycles. The zero-order valence-corrected chi connectivity index (χ0v) is 14.1. The maximum Gasteiger partial charge on any atom is 0.410 e. The molecule has 0 aromatic rings. The highest BCUT2D eigenvalue weighted by Gasteiger charge is 2.38. The highest BCUT2D eigenvalue weighted by Crippen LogP contribution is 2.24. The van der Waals surface area contributed by atoms with Gasteiger partial charge >= 0.3 is 6.09 Å². The van der Waals surface area contributed by atoms with E-state index in [0.29, 0.717) is 19.4 Å². The molecule has 0 aromatic heterocycles. The van der Waals surface area contributed by atoms with E-state index in [9.17, 15) is 14.7 Å². The molecule has 128 valence electrons. The molecule has 3 atom stereocenters. The van der Waals surface area contributed by atoms with E-state index >= 15 is 0 Å². The molecule has 0 aromatic carbocycles. The number of aliphatic hydroxyl groups excluding tert-OH is 1. The third kappa shape index (κ3) is 5.93. The van der Waals surface area contributed by atoms with Crippen molar-refractivity contribution in [3.05, 3.63) is 0 Å². The van der Waals surface area contributed by atoms with Gasteiger partial charge in [0.15, 0.2) is 0 Å². The first-order valence-corrected chi connectivity index (χ1v) is 8.02. The van der Waals surface area contributed by atoms with Crippen molar-refractivity contribution >= 4 is 12.4 Å². The van der Waals surface area contributed by atoms with Gasteiger partial charge in [0.2, 0.25) is 0 Å². The van der Waals surface area contributed by atoms with E-state index in [1.807, 2.05) is 0 Å². The third-order valence-corrected chi connectivity index (χ3v) is 3.58. The Morgan fingerprint density at radius 3 is 2.64 bits per heavy atom. The molecule has 0 saturated carbocycles. The fraction of sp³-hybridized carbons (Fsp3) is 0.875. The molecule has 6 nitrogen and oxygen atoms in total. The van der Waals surface area contributed by atoms with E-state index in [0.717, 1.165) is 19.1 Å². The maximum atomic E-state index is 12.2. The molecule has 0 spiro atoms. The summed E-state index contributed by atoms with van der Waals surface area (Å²) in [5.74, 6) is 0. The van der Waals surface area contributed by atoms with Crippen molar-refractivity contribution in [1.29, 1.82) is 0 Å². The minimum Gasteiger partial charge on any atom is -0.444 e. The molecule has 1 amide bonds. The molecule has 0 bridgehead atoms. The highest BCUT2D eigenvalue weighted by atomic mass is 16.6. The zero-order valence-electron chi connectivity index (χ0n) is 14.1. The average Bonchev–Trinajstić information content (AvgIpc) is 2.84. The van der Waals surface area contributed by atoms with Crippen LogP contribution in [-0.2, 0) is 14.3 Å². The first-order chi connectivity index (χ1) is 10.3. The van der Waals surface area contributed by atoms with Gasteiger partial charge in [-0.1, -0.05) is 19.8 Å². The van der Waals surface area contributed by atoms with Gasteiger partial charge in [-0.3, -0.25) is 0 Å². The molecule has 2 unspecified atom stereocenters. The lowest BCUT2D eigenvalue weighted by Gasteiger charge is -2.27. The van der Waals surface area contributed by atoms with Crippen LogP contribution in [0.15, 0.2) is 0 Å². The van der Waals surface area contributed by atoms with Crippen molar-refractivity contribution in [3.8, 4) is 0 Å². The van der Waals surface area contributed by atoms with E-state index in [-0.39, 0.29) is 18.8 Å². The molecule has 1 N–H and O–H groups in total. The maximum absolute atomic E-state index is 12.2. The van der Waals surface area contributed by atoms with Crippen molar-refractivity contribution in [2.75, 3.05) is 13.2 Å². The summed E-state index contributed by atoms with van der Waals surface area (Å²) >= 11 is 0. The zero-order chi connectivity index (χ0) is 16.8. The topological polar surface area (TPSA) is 76.1 Å². The number of hydrogen-bond donors (Lipinski definition) is 1. The molecule has 6 heteroatoms. The Labute approximate surface area is 132 Å². The van der Waals surface area contributed by atoms with Crippen LogP contribution in [0.3, 0.4) is 0 Å². The van der Waals surface area contributed by atoms with Crippen molar-refractivity contribution in [3.63, 3.8) is 0 Å². The molecule has 22 heavy (non-hydrogen) atoms. The summed E-state index contributed by atoms with van der Waals surface area (Å²) in [5.41, 5.74) is -0.581. The Morgan fingerprint density at radius 1 is 1.45 bits per heavy atom. The summed E-state index contributed by atoms with van der Waals surface area (Å²) in [6.45, 7) is 7.67. The van der Waals surface area contributed by atoms with Gasteiger partial charge in [-0.25, -0.2) is 4.79 Å². The average molecular weight is 315 g/mol. The lowest BCUT2D eigenvalue weighted by molar-refractivity contribution is -0.122. The summed E-state index contributed by atoms with van der Waals surface area (Å²) in [5, 5.41) is 9.46. The van der Waals surface area contributed by atoms with Crippen LogP contribution >= 0.6 is 0 Å². The van der Waals surface area contributed by atoms with Crippen molar-refractivity contribution < 1.29 is 24.2 Å². The molecular weight excluding hydrogens is 286 g/mol. The molecule has 0 radical (unpaired) electrons. The number of carbonyl (C=O) groups is 2. The summed E-state index contributed by atoms with van der Waals surface area (Å²) in [7, 11) is 0. The summed E-state index contributed by atoms with van der Waals surface area (Å²) in [4.78, 5) is 24.7. The van der Waals surface area contributed by atoms with E-state index in [1.54, 1.807) is 20.8 Å². The van der Waals surface area contributed by atoms with Gasteiger partial charge in [-0.05, 0) is 33.6 Å². The standard InChI is InChI=1S/C16H29NO5/c1-5-6-7-13(11-19)21-14-8-12(10-18)17(9-14)15(20)22-16(2,3)4/h11-14,18H,5-10H2,1-4H3/t12-,13?,14?/m1/s1. The second kappa shape index (κ2) is 8.48. The van der Waals surface area contributed by atoms with Gasteiger partial charge in [0.05, 0.1) is 25.3 Å². The predicted molar refractivity (Wildman–Crippen MR) is 82.7 cm³/mol. The molecule has 1 rings (SSSR count). The number of likely N-dealkylation sites (tertiary alicyclic amines) is 1. The van der Waals surface area contributed by atoms with E-state index < -0.39 is 17.8 Å². The first-order valence-electron chi connectivity index (χ1n) is 8.02. The van der Waals surface area contributed by atoms with Crippen LogP contribution in [0, 0.1) is 0 Å². The number of aldehydes is 1. The monoisotopic (exact) mass is 315 g/mol. The van der Waals surface area contributed by atoms with Gasteiger partial charge < -0.3 is 24.3 Å². The lowest BCUT2D eigenvalue weighted by Crippen LogP contribution is -2.41. The van der Waals surface area contributed by atoms with Crippen LogP contribution in [0.25, 0.3) is 0 Å². The smallest absolute Gasteiger partial charge is 0.410 e. The van der Waals surface area contributed by atoms with Crippen LogP contribution in [0.1, 0.15) is 53.4 Å². The number of nitrogens with zero attached hydrogens (tertiary/aromatic N) is 1. The minimum atomic E-state index is -0.581. The molecular formula is C16H29NO5. The van der Waals surface area contributed by atoms with Crippen LogP contribution in [0.5, 0.6) is 0 Å². The molecule has 1 aliphatic heterocycles. The predicted octanol–water partition coefficient (Wildman–Crippen LogP) is 2.13. The normalized spacial score (nSPS) is 23.4. The van der Waals surface area contributed by atoms with E-state index in [4.69, 9.17) is 9.47 Å². The van der Waals surface area contributed by atoms with Crippen LogP contribution < -0.4 is 0 Å². The second-order valence-corrected chi connectivity index (χ2v) is 6.78. The Hall–Kier alpha value is -1.14. The van der Waals surface area contributed by atoms with Gasteiger partial charge in [0.25, 0.3) is 0 Å². The SMILES string of the molecule is CCCCC(C=O)OC1C[C@H](CO)N(C(=O)OC(C)(C)C)C1. The van der Waals surface area contributed by atoms with Crippen LogP contribution in [-0.4, -0.2) is 59.4 Å². The number of amides is 1. The fourth-order valence-electron chi connectivity index (χ4n) is 2.51. The van der Waals surface area contributed by atoms with Crippen molar-refractivity contribution in [2.24, 2.45) is 0 Å². The Balaban J connectivity index is 2.60.